The van der Waals surface area contributed by atoms with Crippen molar-refractivity contribution in [2.45, 2.75) is 6.23 Å². The summed E-state index contributed by atoms with van der Waals surface area (Å²) in [6.07, 6.45) is 0.843. The first kappa shape index (κ1) is 7.96. The van der Waals surface area contributed by atoms with Crippen LogP contribution in [0, 0.1) is 0 Å². The Labute approximate surface area is 84.7 Å². The van der Waals surface area contributed by atoms with Gasteiger partial charge in [0, 0.05) is 10.1 Å². The van der Waals surface area contributed by atoms with Gasteiger partial charge in [-0.2, -0.15) is 0 Å². The van der Waals surface area contributed by atoms with Gasteiger partial charge in [-0.1, -0.05) is 18.2 Å². The van der Waals surface area contributed by atoms with Crippen LogP contribution in [0.3, 0.4) is 0 Å². The second-order valence-electron chi connectivity index (χ2n) is 3.13. The second-order valence-corrected chi connectivity index (χ2v) is 4.22. The second kappa shape index (κ2) is 2.80. The number of anilines is 1. The summed E-state index contributed by atoms with van der Waals surface area (Å²) in [6.45, 7) is 0. The topological polar surface area (TPSA) is 44.6 Å². The first-order valence-electron chi connectivity index (χ1n) is 4.34. The van der Waals surface area contributed by atoms with Crippen LogP contribution in [0.2, 0.25) is 0 Å². The fourth-order valence-electron chi connectivity index (χ4n) is 1.64. The molecule has 1 aromatic heterocycles. The van der Waals surface area contributed by atoms with Crippen molar-refractivity contribution in [2.75, 3.05) is 5.32 Å². The lowest BCUT2D eigenvalue weighted by molar-refractivity contribution is 0.193. The molecule has 2 heterocycles. The van der Waals surface area contributed by atoms with Crippen LogP contribution in [-0.2, 0) is 0 Å². The number of hydrogen-bond donors (Lipinski definition) is 2. The van der Waals surface area contributed by atoms with Gasteiger partial charge < -0.3 is 10.4 Å². The molecule has 14 heavy (non-hydrogen) atoms. The third-order valence-electron chi connectivity index (χ3n) is 2.28. The van der Waals surface area contributed by atoms with Gasteiger partial charge in [0.15, 0.2) is 6.23 Å². The lowest BCUT2D eigenvalue weighted by Crippen LogP contribution is -2.06. The fourth-order valence-corrected chi connectivity index (χ4v) is 2.74. The van der Waals surface area contributed by atoms with Crippen molar-refractivity contribution in [3.63, 3.8) is 0 Å². The molecule has 1 atom stereocenters. The molecule has 1 aliphatic heterocycles. The first-order valence-corrected chi connectivity index (χ1v) is 5.15. The quantitative estimate of drug-likeness (QED) is 0.691. The largest absolute Gasteiger partial charge is 0.367 e. The molecule has 70 valence electrons. The molecule has 3 nitrogen and oxygen atoms in total. The van der Waals surface area contributed by atoms with Crippen molar-refractivity contribution in [3.8, 4) is 0 Å². The van der Waals surface area contributed by atoms with E-state index >= 15 is 0 Å². The van der Waals surface area contributed by atoms with E-state index in [1.54, 1.807) is 17.7 Å². The highest BCUT2D eigenvalue weighted by atomic mass is 32.1. The van der Waals surface area contributed by atoms with E-state index in [0.717, 1.165) is 16.0 Å². The first-order chi connectivity index (χ1) is 6.86. The molecule has 0 bridgehead atoms. The Hall–Kier alpha value is -1.39. The van der Waals surface area contributed by atoms with E-state index in [2.05, 4.69) is 10.3 Å². The van der Waals surface area contributed by atoms with E-state index in [-0.39, 0.29) is 0 Å². The minimum Gasteiger partial charge on any atom is -0.367 e. The zero-order chi connectivity index (χ0) is 9.54. The molecule has 2 N–H and O–H groups in total. The maximum absolute atomic E-state index is 9.63. The highest BCUT2D eigenvalue weighted by Gasteiger charge is 2.19. The molecular weight excluding hydrogens is 196 g/mol. The Bertz CT molecular complexity index is 518. The van der Waals surface area contributed by atoms with Gasteiger partial charge in [-0.05, 0) is 6.07 Å². The predicted octanol–water partition coefficient (Wildman–Crippen LogP) is 2.35. The Morgan fingerprint density at radius 3 is 3.14 bits per heavy atom. The van der Waals surface area contributed by atoms with E-state index < -0.39 is 6.23 Å². The van der Waals surface area contributed by atoms with Crippen molar-refractivity contribution in [1.29, 1.82) is 0 Å². The van der Waals surface area contributed by atoms with E-state index in [4.69, 9.17) is 0 Å². The number of aliphatic hydroxyl groups is 1. The number of aliphatic imine (C=N–C) groups is 1. The molecular formula is C10H8N2OS. The van der Waals surface area contributed by atoms with Gasteiger partial charge in [0.2, 0.25) is 0 Å². The van der Waals surface area contributed by atoms with Crippen molar-refractivity contribution in [1.82, 2.24) is 0 Å². The number of hydrogen-bond acceptors (Lipinski definition) is 4. The number of rotatable bonds is 0. The molecule has 0 spiro atoms. The maximum atomic E-state index is 9.63. The van der Waals surface area contributed by atoms with Crippen molar-refractivity contribution in [2.24, 2.45) is 4.99 Å². The molecule has 0 saturated carbocycles. The molecule has 2 aromatic rings. The van der Waals surface area contributed by atoms with Gasteiger partial charge in [0.1, 0.15) is 0 Å². The third-order valence-corrected chi connectivity index (χ3v) is 3.49. The summed E-state index contributed by atoms with van der Waals surface area (Å²) in [7, 11) is 0. The zero-order valence-corrected chi connectivity index (χ0v) is 8.08. The van der Waals surface area contributed by atoms with Gasteiger partial charge in [-0.25, -0.2) is 4.99 Å². The average molecular weight is 204 g/mol. The molecule has 0 aliphatic carbocycles. The standard InChI is InChI=1S/C10H8N2OS/c13-10-9-8(11-5-12-10)6-3-1-2-4-7(6)14-9/h1-5,10,13H,(H,11,12)/t10-/m0/s1. The summed E-state index contributed by atoms with van der Waals surface area (Å²) < 4.78 is 1.18. The van der Waals surface area contributed by atoms with Gasteiger partial charge >= 0.3 is 0 Å². The molecule has 1 aromatic carbocycles. The number of benzene rings is 1. The number of thiophene rings is 1. The van der Waals surface area contributed by atoms with Crippen LogP contribution in [-0.4, -0.2) is 11.4 Å². The molecule has 4 heteroatoms. The molecule has 0 radical (unpaired) electrons. The summed E-state index contributed by atoms with van der Waals surface area (Å²) in [5.74, 6) is 0. The summed E-state index contributed by atoms with van der Waals surface area (Å²) in [5.41, 5.74) is 0.994. The lowest BCUT2D eigenvalue weighted by Gasteiger charge is -2.11. The summed E-state index contributed by atoms with van der Waals surface area (Å²) in [5, 5.41) is 13.9. The lowest BCUT2D eigenvalue weighted by atomic mass is 10.2. The Balaban J connectivity index is 2.35. The van der Waals surface area contributed by atoms with Crippen LogP contribution in [0.4, 0.5) is 5.69 Å². The van der Waals surface area contributed by atoms with Crippen molar-refractivity contribution < 1.29 is 5.11 Å². The predicted molar refractivity (Wildman–Crippen MR) is 58.9 cm³/mol. The SMILES string of the molecule is O[C@@H]1N=CNc2c1sc1ccccc21. The van der Waals surface area contributed by atoms with E-state index in [1.807, 2.05) is 24.3 Å². The smallest absolute Gasteiger partial charge is 0.184 e. The summed E-state index contributed by atoms with van der Waals surface area (Å²) in [4.78, 5) is 4.79. The van der Waals surface area contributed by atoms with Crippen LogP contribution < -0.4 is 5.32 Å². The normalized spacial score (nSPS) is 19.4. The Morgan fingerprint density at radius 2 is 2.21 bits per heavy atom. The number of aliphatic hydroxyl groups excluding tert-OH is 1. The highest BCUT2D eigenvalue weighted by molar-refractivity contribution is 7.19. The fraction of sp³-hybridized carbons (Fsp3) is 0.100. The van der Waals surface area contributed by atoms with Crippen molar-refractivity contribution >= 4 is 33.4 Å². The average Bonchev–Trinajstić information content (AvgIpc) is 2.59. The van der Waals surface area contributed by atoms with Crippen LogP contribution in [0.25, 0.3) is 10.1 Å². The van der Waals surface area contributed by atoms with Crippen LogP contribution in [0.15, 0.2) is 29.3 Å². The number of nitrogens with zero attached hydrogens (tertiary/aromatic N) is 1. The molecule has 3 rings (SSSR count). The molecule has 1 aliphatic rings. The highest BCUT2D eigenvalue weighted by Crippen LogP contribution is 2.40. The molecule has 0 fully saturated rings. The van der Waals surface area contributed by atoms with Crippen LogP contribution in [0.1, 0.15) is 11.1 Å². The minimum atomic E-state index is -0.705. The number of nitrogens with one attached hydrogen (secondary N) is 1. The minimum absolute atomic E-state index is 0.705. The van der Waals surface area contributed by atoms with Crippen LogP contribution >= 0.6 is 11.3 Å². The molecule has 0 amide bonds. The van der Waals surface area contributed by atoms with Crippen LogP contribution in [0.5, 0.6) is 0 Å². The van der Waals surface area contributed by atoms with Crippen molar-refractivity contribution in [3.05, 3.63) is 29.1 Å². The van der Waals surface area contributed by atoms with Gasteiger partial charge in [0.05, 0.1) is 16.9 Å². The summed E-state index contributed by atoms with van der Waals surface area (Å²) >= 11 is 1.58. The maximum Gasteiger partial charge on any atom is 0.184 e. The van der Waals surface area contributed by atoms with Gasteiger partial charge in [-0.15, -0.1) is 11.3 Å². The third kappa shape index (κ3) is 0.981. The molecule has 0 saturated heterocycles. The zero-order valence-electron chi connectivity index (χ0n) is 7.27. The Kier molecular flexibility index (Phi) is 1.59. The molecule has 0 unspecified atom stereocenters. The van der Waals surface area contributed by atoms with Gasteiger partial charge in [0.25, 0.3) is 0 Å². The Morgan fingerprint density at radius 1 is 1.36 bits per heavy atom. The summed E-state index contributed by atoms with van der Waals surface area (Å²) in [6, 6.07) is 8.09. The van der Waals surface area contributed by atoms with E-state index in [9.17, 15) is 5.11 Å². The number of fused-ring (bicyclic) bond motifs is 3. The van der Waals surface area contributed by atoms with E-state index in [0.29, 0.717) is 0 Å². The monoisotopic (exact) mass is 204 g/mol. The van der Waals surface area contributed by atoms with Gasteiger partial charge in [-0.3, -0.25) is 0 Å². The van der Waals surface area contributed by atoms with E-state index in [1.165, 1.54) is 4.70 Å².